The fraction of sp³-hybridized carbons (Fsp3) is 0.533. The van der Waals surface area contributed by atoms with Crippen LogP contribution in [0, 0.1) is 0 Å². The number of hydrogen-bond donors (Lipinski definition) is 1. The summed E-state index contributed by atoms with van der Waals surface area (Å²) >= 11 is 0. The first kappa shape index (κ1) is 13.1. The Hall–Kier alpha value is -1.35. The van der Waals surface area contributed by atoms with Crippen LogP contribution in [0.4, 0.5) is 0 Å². The first-order valence-electron chi connectivity index (χ1n) is 6.87. The highest BCUT2D eigenvalue weighted by atomic mass is 16.2. The average Bonchev–Trinajstić information content (AvgIpc) is 2.46. The normalized spacial score (nSPS) is 17.5. The average molecular weight is 246 g/mol. The number of carbonyl (C=O) groups excluding carboxylic acids is 1. The molecule has 98 valence electrons. The maximum Gasteiger partial charge on any atom is 0.230 e. The van der Waals surface area contributed by atoms with Gasteiger partial charge in [0, 0.05) is 26.2 Å². The van der Waals surface area contributed by atoms with Gasteiger partial charge in [-0.25, -0.2) is 0 Å². The fourth-order valence-corrected chi connectivity index (χ4v) is 2.51. The minimum atomic E-state index is 0.0364. The molecule has 1 heterocycles. The zero-order valence-corrected chi connectivity index (χ0v) is 11.1. The highest BCUT2D eigenvalue weighted by Gasteiger charge is 2.25. The van der Waals surface area contributed by atoms with E-state index in [-0.39, 0.29) is 5.92 Å². The molecular weight excluding hydrogens is 224 g/mol. The van der Waals surface area contributed by atoms with Crippen molar-refractivity contribution < 1.29 is 4.79 Å². The van der Waals surface area contributed by atoms with E-state index in [0.717, 1.165) is 44.6 Å². The Kier molecular flexibility index (Phi) is 4.76. The van der Waals surface area contributed by atoms with Crippen molar-refractivity contribution in [3.63, 3.8) is 0 Å². The summed E-state index contributed by atoms with van der Waals surface area (Å²) < 4.78 is 0. The van der Waals surface area contributed by atoms with Crippen LogP contribution in [-0.2, 0) is 4.79 Å². The van der Waals surface area contributed by atoms with Gasteiger partial charge in [-0.05, 0) is 12.0 Å². The molecule has 0 spiro atoms. The predicted octanol–water partition coefficient (Wildman–Crippen LogP) is 2.00. The third-order valence-corrected chi connectivity index (χ3v) is 3.51. The molecule has 3 heteroatoms. The maximum absolute atomic E-state index is 12.6. The molecule has 1 N–H and O–H groups in total. The van der Waals surface area contributed by atoms with E-state index in [0.29, 0.717) is 5.91 Å². The highest BCUT2D eigenvalue weighted by Crippen LogP contribution is 2.23. The quantitative estimate of drug-likeness (QED) is 0.881. The molecule has 1 saturated heterocycles. The first-order valence-corrected chi connectivity index (χ1v) is 6.87. The number of piperazine rings is 1. The van der Waals surface area contributed by atoms with E-state index >= 15 is 0 Å². The van der Waals surface area contributed by atoms with Gasteiger partial charge in [-0.1, -0.05) is 43.7 Å². The van der Waals surface area contributed by atoms with Crippen molar-refractivity contribution in [2.45, 2.75) is 25.7 Å². The molecule has 3 nitrogen and oxygen atoms in total. The summed E-state index contributed by atoms with van der Waals surface area (Å²) in [5.41, 5.74) is 1.16. The van der Waals surface area contributed by atoms with Crippen LogP contribution in [0.5, 0.6) is 0 Å². The summed E-state index contributed by atoms with van der Waals surface area (Å²) in [5.74, 6) is 0.332. The van der Waals surface area contributed by atoms with E-state index in [4.69, 9.17) is 0 Å². The lowest BCUT2D eigenvalue weighted by molar-refractivity contribution is -0.133. The first-order chi connectivity index (χ1) is 8.83. The number of rotatable bonds is 4. The van der Waals surface area contributed by atoms with Crippen molar-refractivity contribution in [2.75, 3.05) is 26.2 Å². The van der Waals surface area contributed by atoms with Crippen molar-refractivity contribution in [1.82, 2.24) is 10.2 Å². The van der Waals surface area contributed by atoms with Crippen LogP contribution in [-0.4, -0.2) is 37.0 Å². The SMILES string of the molecule is CCCC(C(=O)N1CCNCC1)c1ccccc1. The Bertz CT molecular complexity index is 371. The summed E-state index contributed by atoms with van der Waals surface area (Å²) in [6.07, 6.45) is 1.98. The van der Waals surface area contributed by atoms with E-state index in [9.17, 15) is 4.79 Å². The van der Waals surface area contributed by atoms with Gasteiger partial charge >= 0.3 is 0 Å². The molecule has 2 rings (SSSR count). The Morgan fingerprint density at radius 1 is 1.28 bits per heavy atom. The Morgan fingerprint density at radius 3 is 2.56 bits per heavy atom. The van der Waals surface area contributed by atoms with E-state index in [1.165, 1.54) is 0 Å². The number of amides is 1. The standard InChI is InChI=1S/C15H22N2O/c1-2-6-14(13-7-4-3-5-8-13)15(18)17-11-9-16-10-12-17/h3-5,7-8,14,16H,2,6,9-12H2,1H3. The predicted molar refractivity (Wildman–Crippen MR) is 73.5 cm³/mol. The maximum atomic E-state index is 12.6. The lowest BCUT2D eigenvalue weighted by Crippen LogP contribution is -2.48. The van der Waals surface area contributed by atoms with Gasteiger partial charge in [0.15, 0.2) is 0 Å². The van der Waals surface area contributed by atoms with Crippen LogP contribution in [0.3, 0.4) is 0 Å². The second kappa shape index (κ2) is 6.55. The van der Waals surface area contributed by atoms with Crippen molar-refractivity contribution in [3.8, 4) is 0 Å². The topological polar surface area (TPSA) is 32.3 Å². The molecule has 1 fully saturated rings. The lowest BCUT2D eigenvalue weighted by atomic mass is 9.93. The largest absolute Gasteiger partial charge is 0.340 e. The monoisotopic (exact) mass is 246 g/mol. The summed E-state index contributed by atoms with van der Waals surface area (Å²) in [4.78, 5) is 14.6. The van der Waals surface area contributed by atoms with Crippen molar-refractivity contribution in [2.24, 2.45) is 0 Å². The third kappa shape index (κ3) is 3.10. The van der Waals surface area contributed by atoms with Gasteiger partial charge in [0.1, 0.15) is 0 Å². The Balaban J connectivity index is 2.11. The summed E-state index contributed by atoms with van der Waals surface area (Å²) in [5, 5.41) is 3.29. The van der Waals surface area contributed by atoms with Crippen molar-refractivity contribution >= 4 is 5.91 Å². The number of hydrogen-bond acceptors (Lipinski definition) is 2. The van der Waals surface area contributed by atoms with Gasteiger partial charge in [-0.3, -0.25) is 4.79 Å². The van der Waals surface area contributed by atoms with Gasteiger partial charge < -0.3 is 10.2 Å². The van der Waals surface area contributed by atoms with Crippen LogP contribution in [0.1, 0.15) is 31.2 Å². The molecule has 0 aliphatic carbocycles. The molecular formula is C15H22N2O. The second-order valence-electron chi connectivity index (χ2n) is 4.83. The zero-order chi connectivity index (χ0) is 12.8. The van der Waals surface area contributed by atoms with Crippen LogP contribution in [0.25, 0.3) is 0 Å². The molecule has 18 heavy (non-hydrogen) atoms. The van der Waals surface area contributed by atoms with Crippen LogP contribution >= 0.6 is 0 Å². The Morgan fingerprint density at radius 2 is 1.94 bits per heavy atom. The molecule has 0 saturated carbocycles. The minimum Gasteiger partial charge on any atom is -0.340 e. The molecule has 0 bridgehead atoms. The molecule has 1 amide bonds. The van der Waals surface area contributed by atoms with Gasteiger partial charge in [0.05, 0.1) is 5.92 Å². The summed E-state index contributed by atoms with van der Waals surface area (Å²) in [7, 11) is 0. The smallest absolute Gasteiger partial charge is 0.230 e. The molecule has 1 unspecified atom stereocenters. The van der Waals surface area contributed by atoms with E-state index < -0.39 is 0 Å². The van der Waals surface area contributed by atoms with Crippen LogP contribution in [0.2, 0.25) is 0 Å². The van der Waals surface area contributed by atoms with Crippen molar-refractivity contribution in [1.29, 1.82) is 0 Å². The van der Waals surface area contributed by atoms with E-state index in [1.807, 2.05) is 23.1 Å². The molecule has 1 aromatic rings. The number of nitrogens with zero attached hydrogens (tertiary/aromatic N) is 1. The van der Waals surface area contributed by atoms with Gasteiger partial charge in [0.2, 0.25) is 5.91 Å². The molecule has 0 radical (unpaired) electrons. The third-order valence-electron chi connectivity index (χ3n) is 3.51. The molecule has 1 aromatic carbocycles. The fourth-order valence-electron chi connectivity index (χ4n) is 2.51. The molecule has 1 atom stereocenters. The summed E-state index contributed by atoms with van der Waals surface area (Å²) in [6.45, 7) is 5.65. The lowest BCUT2D eigenvalue weighted by Gasteiger charge is -2.31. The molecule has 1 aliphatic rings. The summed E-state index contributed by atoms with van der Waals surface area (Å²) in [6, 6.07) is 10.2. The van der Waals surface area contributed by atoms with Crippen LogP contribution in [0.15, 0.2) is 30.3 Å². The molecule has 1 aliphatic heterocycles. The highest BCUT2D eigenvalue weighted by molar-refractivity contribution is 5.83. The van der Waals surface area contributed by atoms with Crippen molar-refractivity contribution in [3.05, 3.63) is 35.9 Å². The Labute approximate surface area is 109 Å². The number of carbonyl (C=O) groups is 1. The van der Waals surface area contributed by atoms with Gasteiger partial charge in [0.25, 0.3) is 0 Å². The number of nitrogens with one attached hydrogen (secondary N) is 1. The minimum absolute atomic E-state index is 0.0364. The second-order valence-corrected chi connectivity index (χ2v) is 4.83. The van der Waals surface area contributed by atoms with E-state index in [2.05, 4.69) is 24.4 Å². The molecule has 0 aromatic heterocycles. The zero-order valence-electron chi connectivity index (χ0n) is 11.1. The number of benzene rings is 1. The van der Waals surface area contributed by atoms with Gasteiger partial charge in [-0.15, -0.1) is 0 Å². The van der Waals surface area contributed by atoms with E-state index in [1.54, 1.807) is 0 Å². The van der Waals surface area contributed by atoms with Crippen LogP contribution < -0.4 is 5.32 Å². The van der Waals surface area contributed by atoms with Gasteiger partial charge in [-0.2, -0.15) is 0 Å².